The molecule has 0 bridgehead atoms. The van der Waals surface area contributed by atoms with Crippen LogP contribution in [0.15, 0.2) is 18.2 Å². The molecule has 66 valence electrons. The van der Waals surface area contributed by atoms with Gasteiger partial charge in [0.25, 0.3) is 0 Å². The van der Waals surface area contributed by atoms with Crippen LogP contribution < -0.4 is 5.73 Å². The lowest BCUT2D eigenvalue weighted by Gasteiger charge is -2.08. The van der Waals surface area contributed by atoms with Crippen molar-refractivity contribution >= 4 is 22.6 Å². The first kappa shape index (κ1) is 9.88. The van der Waals surface area contributed by atoms with E-state index in [4.69, 9.17) is 10.8 Å². The third kappa shape index (κ3) is 2.15. The normalized spacial score (nSPS) is 13.0. The van der Waals surface area contributed by atoms with Crippen LogP contribution in [0.2, 0.25) is 0 Å². The van der Waals surface area contributed by atoms with Crippen molar-refractivity contribution in [2.75, 3.05) is 6.61 Å². The van der Waals surface area contributed by atoms with Gasteiger partial charge in [-0.2, -0.15) is 0 Å². The number of hydrogen-bond donors (Lipinski definition) is 2. The maximum absolute atomic E-state index is 12.9. The summed E-state index contributed by atoms with van der Waals surface area (Å²) >= 11 is 1.90. The van der Waals surface area contributed by atoms with Gasteiger partial charge in [0.05, 0.1) is 12.6 Å². The number of benzene rings is 1. The van der Waals surface area contributed by atoms with Crippen molar-refractivity contribution in [1.29, 1.82) is 0 Å². The maximum atomic E-state index is 12.9. The summed E-state index contributed by atoms with van der Waals surface area (Å²) in [6.45, 7) is -0.167. The number of rotatable bonds is 2. The summed E-state index contributed by atoms with van der Waals surface area (Å²) in [6, 6.07) is 4.21. The molecule has 0 aromatic heterocycles. The van der Waals surface area contributed by atoms with Gasteiger partial charge in [-0.25, -0.2) is 4.39 Å². The van der Waals surface area contributed by atoms with Gasteiger partial charge in [0.1, 0.15) is 5.82 Å². The molecule has 0 amide bonds. The fraction of sp³-hybridized carbons (Fsp3) is 0.250. The Balaban J connectivity index is 2.96. The van der Waals surface area contributed by atoms with E-state index in [1.165, 1.54) is 6.07 Å². The quantitative estimate of drug-likeness (QED) is 0.805. The van der Waals surface area contributed by atoms with Crippen molar-refractivity contribution in [2.45, 2.75) is 6.04 Å². The van der Waals surface area contributed by atoms with Crippen LogP contribution in [0.5, 0.6) is 0 Å². The summed E-state index contributed by atoms with van der Waals surface area (Å²) in [4.78, 5) is 0. The highest BCUT2D eigenvalue weighted by Gasteiger charge is 2.06. The average molecular weight is 281 g/mol. The van der Waals surface area contributed by atoms with Gasteiger partial charge in [0, 0.05) is 3.57 Å². The van der Waals surface area contributed by atoms with Crippen LogP contribution in [0.25, 0.3) is 0 Å². The van der Waals surface area contributed by atoms with Gasteiger partial charge >= 0.3 is 0 Å². The second-order valence-electron chi connectivity index (χ2n) is 2.46. The summed E-state index contributed by atoms with van der Waals surface area (Å²) in [5, 5.41) is 8.70. The lowest BCUT2D eigenvalue weighted by Crippen LogP contribution is -2.14. The SMILES string of the molecule is N[C@@H](CO)c1ccc(I)c(F)c1. The van der Waals surface area contributed by atoms with Crippen molar-refractivity contribution in [3.05, 3.63) is 33.1 Å². The fourth-order valence-corrected chi connectivity index (χ4v) is 1.18. The van der Waals surface area contributed by atoms with Crippen molar-refractivity contribution in [3.63, 3.8) is 0 Å². The van der Waals surface area contributed by atoms with E-state index in [0.29, 0.717) is 9.13 Å². The number of aliphatic hydroxyl groups is 1. The molecule has 0 aliphatic heterocycles. The smallest absolute Gasteiger partial charge is 0.136 e. The molecular weight excluding hydrogens is 272 g/mol. The molecule has 1 aromatic rings. The summed E-state index contributed by atoms with van der Waals surface area (Å²) in [7, 11) is 0. The monoisotopic (exact) mass is 281 g/mol. The van der Waals surface area contributed by atoms with Crippen molar-refractivity contribution < 1.29 is 9.50 Å². The summed E-state index contributed by atoms with van der Waals surface area (Å²) in [5.74, 6) is -0.294. The summed E-state index contributed by atoms with van der Waals surface area (Å²) < 4.78 is 13.5. The minimum Gasteiger partial charge on any atom is -0.394 e. The highest BCUT2D eigenvalue weighted by molar-refractivity contribution is 14.1. The highest BCUT2D eigenvalue weighted by Crippen LogP contribution is 2.16. The molecular formula is C8H9FINO. The summed E-state index contributed by atoms with van der Waals surface area (Å²) in [6.07, 6.45) is 0. The van der Waals surface area contributed by atoms with Gasteiger partial charge in [-0.3, -0.25) is 0 Å². The van der Waals surface area contributed by atoms with E-state index in [2.05, 4.69) is 0 Å². The topological polar surface area (TPSA) is 46.2 Å². The Bertz CT molecular complexity index is 280. The second-order valence-corrected chi connectivity index (χ2v) is 3.62. The van der Waals surface area contributed by atoms with E-state index in [0.717, 1.165) is 0 Å². The number of hydrogen-bond acceptors (Lipinski definition) is 2. The van der Waals surface area contributed by atoms with Gasteiger partial charge in [-0.05, 0) is 40.3 Å². The molecule has 0 aliphatic rings. The van der Waals surface area contributed by atoms with Gasteiger partial charge in [-0.1, -0.05) is 6.07 Å². The van der Waals surface area contributed by atoms with Crippen LogP contribution in [-0.4, -0.2) is 11.7 Å². The van der Waals surface area contributed by atoms with E-state index >= 15 is 0 Å². The van der Waals surface area contributed by atoms with E-state index in [1.807, 2.05) is 22.6 Å². The molecule has 1 atom stereocenters. The van der Waals surface area contributed by atoms with E-state index < -0.39 is 6.04 Å². The van der Waals surface area contributed by atoms with Gasteiger partial charge < -0.3 is 10.8 Å². The van der Waals surface area contributed by atoms with Crippen LogP contribution >= 0.6 is 22.6 Å². The third-order valence-corrected chi connectivity index (χ3v) is 2.44. The molecule has 1 rings (SSSR count). The molecule has 0 radical (unpaired) electrons. The summed E-state index contributed by atoms with van der Waals surface area (Å²) in [5.41, 5.74) is 6.11. The first-order valence-corrected chi connectivity index (χ1v) is 4.54. The minimum absolute atomic E-state index is 0.167. The second kappa shape index (κ2) is 4.15. The molecule has 0 fully saturated rings. The predicted octanol–water partition coefficient (Wildman–Crippen LogP) is 1.42. The molecule has 0 unspecified atom stereocenters. The van der Waals surface area contributed by atoms with Crippen LogP contribution in [-0.2, 0) is 0 Å². The molecule has 3 N–H and O–H groups in total. The Morgan fingerprint density at radius 1 is 1.58 bits per heavy atom. The number of aliphatic hydroxyl groups excluding tert-OH is 1. The Morgan fingerprint density at radius 2 is 2.25 bits per heavy atom. The lowest BCUT2D eigenvalue weighted by molar-refractivity contribution is 0.268. The van der Waals surface area contributed by atoms with E-state index in [9.17, 15) is 4.39 Å². The molecule has 2 nitrogen and oxygen atoms in total. The zero-order chi connectivity index (χ0) is 9.14. The molecule has 0 saturated heterocycles. The largest absolute Gasteiger partial charge is 0.394 e. The molecule has 0 spiro atoms. The van der Waals surface area contributed by atoms with Crippen LogP contribution in [0.4, 0.5) is 4.39 Å². The van der Waals surface area contributed by atoms with Gasteiger partial charge in [0.2, 0.25) is 0 Å². The molecule has 0 saturated carbocycles. The van der Waals surface area contributed by atoms with Gasteiger partial charge in [0.15, 0.2) is 0 Å². The molecule has 0 heterocycles. The Labute approximate surface area is 83.7 Å². The van der Waals surface area contributed by atoms with E-state index in [-0.39, 0.29) is 12.4 Å². The van der Waals surface area contributed by atoms with Crippen LogP contribution in [0.3, 0.4) is 0 Å². The number of nitrogens with two attached hydrogens (primary N) is 1. The first-order valence-electron chi connectivity index (χ1n) is 3.46. The molecule has 0 aliphatic carbocycles. The minimum atomic E-state index is -0.489. The zero-order valence-corrected chi connectivity index (χ0v) is 8.45. The van der Waals surface area contributed by atoms with Crippen molar-refractivity contribution in [3.8, 4) is 0 Å². The Hall–Kier alpha value is -0.200. The zero-order valence-electron chi connectivity index (χ0n) is 6.30. The predicted molar refractivity (Wildman–Crippen MR) is 53.1 cm³/mol. The highest BCUT2D eigenvalue weighted by atomic mass is 127. The Kier molecular flexibility index (Phi) is 3.42. The van der Waals surface area contributed by atoms with Crippen LogP contribution in [0.1, 0.15) is 11.6 Å². The molecule has 1 aromatic carbocycles. The number of halogens is 2. The van der Waals surface area contributed by atoms with Crippen LogP contribution in [0, 0.1) is 9.39 Å². The van der Waals surface area contributed by atoms with E-state index in [1.54, 1.807) is 12.1 Å². The standard InChI is InChI=1S/C8H9FINO/c9-6-3-5(8(11)4-12)1-2-7(6)10/h1-3,8,12H,4,11H2/t8-/m0/s1. The molecule has 4 heteroatoms. The Morgan fingerprint density at radius 3 is 2.75 bits per heavy atom. The lowest BCUT2D eigenvalue weighted by atomic mass is 10.1. The van der Waals surface area contributed by atoms with Crippen molar-refractivity contribution in [1.82, 2.24) is 0 Å². The molecule has 12 heavy (non-hydrogen) atoms. The van der Waals surface area contributed by atoms with Crippen molar-refractivity contribution in [2.24, 2.45) is 5.73 Å². The first-order chi connectivity index (χ1) is 5.65. The maximum Gasteiger partial charge on any atom is 0.136 e. The van der Waals surface area contributed by atoms with Gasteiger partial charge in [-0.15, -0.1) is 0 Å². The third-order valence-electron chi connectivity index (χ3n) is 1.57. The fourth-order valence-electron chi connectivity index (χ4n) is 0.848. The average Bonchev–Trinajstić information content (AvgIpc) is 2.08.